The molecule has 2 heteroatoms. The number of fused-ring (bicyclic) bond motifs is 1. The van der Waals surface area contributed by atoms with Gasteiger partial charge in [0.2, 0.25) is 0 Å². The molecular weight excluding hydrogens is 232 g/mol. The molecule has 1 aliphatic carbocycles. The fourth-order valence-corrected chi connectivity index (χ4v) is 3.48. The molecule has 1 aromatic heterocycles. The number of nitrogens with zero attached hydrogens (tertiary/aromatic N) is 1. The van der Waals surface area contributed by atoms with Gasteiger partial charge in [-0.25, -0.2) is 0 Å². The molecule has 0 saturated carbocycles. The standard InChI is InChI=1S/C17H28N2/c1-4-7-13(3)16(18-11-5-2)15-10-9-14-8-6-12-19-17(14)15/h6,8,12-13,15-16,18H,4-5,7,9-11H2,1-3H3. The molecule has 3 atom stereocenters. The van der Waals surface area contributed by atoms with Crippen LogP contribution in [0.1, 0.15) is 63.6 Å². The van der Waals surface area contributed by atoms with E-state index in [0.717, 1.165) is 12.5 Å². The Morgan fingerprint density at radius 2 is 2.21 bits per heavy atom. The summed E-state index contributed by atoms with van der Waals surface area (Å²) in [5.41, 5.74) is 2.83. The molecule has 1 aliphatic rings. The smallest absolute Gasteiger partial charge is 0.0482 e. The lowest BCUT2D eigenvalue weighted by Gasteiger charge is -2.30. The molecule has 0 fully saturated rings. The van der Waals surface area contributed by atoms with Crippen molar-refractivity contribution in [3.05, 3.63) is 29.6 Å². The van der Waals surface area contributed by atoms with Gasteiger partial charge in [-0.05, 0) is 49.8 Å². The van der Waals surface area contributed by atoms with Gasteiger partial charge in [0.05, 0.1) is 0 Å². The summed E-state index contributed by atoms with van der Waals surface area (Å²) >= 11 is 0. The van der Waals surface area contributed by atoms with Crippen LogP contribution in [0.3, 0.4) is 0 Å². The third-order valence-electron chi connectivity index (χ3n) is 4.42. The largest absolute Gasteiger partial charge is 0.313 e. The van der Waals surface area contributed by atoms with Crippen LogP contribution in [0.5, 0.6) is 0 Å². The lowest BCUT2D eigenvalue weighted by Crippen LogP contribution is -2.40. The van der Waals surface area contributed by atoms with Gasteiger partial charge in [0.1, 0.15) is 0 Å². The summed E-state index contributed by atoms with van der Waals surface area (Å²) in [5.74, 6) is 1.35. The first-order valence-electron chi connectivity index (χ1n) is 7.95. The summed E-state index contributed by atoms with van der Waals surface area (Å²) in [7, 11) is 0. The molecule has 0 radical (unpaired) electrons. The van der Waals surface area contributed by atoms with Crippen molar-refractivity contribution in [3.8, 4) is 0 Å². The van der Waals surface area contributed by atoms with Crippen LogP contribution < -0.4 is 5.32 Å². The maximum absolute atomic E-state index is 4.67. The van der Waals surface area contributed by atoms with Gasteiger partial charge in [-0.15, -0.1) is 0 Å². The Morgan fingerprint density at radius 1 is 1.37 bits per heavy atom. The van der Waals surface area contributed by atoms with Gasteiger partial charge in [-0.2, -0.15) is 0 Å². The van der Waals surface area contributed by atoms with Crippen LogP contribution in [0.25, 0.3) is 0 Å². The molecule has 0 aromatic carbocycles. The third kappa shape index (κ3) is 3.36. The quantitative estimate of drug-likeness (QED) is 0.804. The molecule has 19 heavy (non-hydrogen) atoms. The summed E-state index contributed by atoms with van der Waals surface area (Å²) in [4.78, 5) is 4.67. The van der Waals surface area contributed by atoms with Crippen LogP contribution in [-0.2, 0) is 6.42 Å². The zero-order valence-corrected chi connectivity index (χ0v) is 12.7. The van der Waals surface area contributed by atoms with E-state index in [1.54, 1.807) is 0 Å². The van der Waals surface area contributed by atoms with E-state index < -0.39 is 0 Å². The van der Waals surface area contributed by atoms with E-state index in [1.165, 1.54) is 43.4 Å². The molecule has 1 N–H and O–H groups in total. The Morgan fingerprint density at radius 3 is 2.95 bits per heavy atom. The van der Waals surface area contributed by atoms with Gasteiger partial charge in [0.15, 0.2) is 0 Å². The van der Waals surface area contributed by atoms with Crippen LogP contribution in [0.2, 0.25) is 0 Å². The van der Waals surface area contributed by atoms with Crippen LogP contribution in [0.4, 0.5) is 0 Å². The van der Waals surface area contributed by atoms with Gasteiger partial charge in [0.25, 0.3) is 0 Å². The Bertz CT molecular complexity index is 389. The first kappa shape index (κ1) is 14.5. The van der Waals surface area contributed by atoms with E-state index in [0.29, 0.717) is 12.0 Å². The van der Waals surface area contributed by atoms with E-state index in [-0.39, 0.29) is 0 Å². The maximum atomic E-state index is 4.67. The molecule has 1 aromatic rings. The highest BCUT2D eigenvalue weighted by Gasteiger charge is 2.33. The molecule has 0 aliphatic heterocycles. The van der Waals surface area contributed by atoms with Crippen LogP contribution in [-0.4, -0.2) is 17.6 Å². The van der Waals surface area contributed by atoms with Crippen molar-refractivity contribution in [1.29, 1.82) is 0 Å². The topological polar surface area (TPSA) is 24.9 Å². The second-order valence-electron chi connectivity index (χ2n) is 5.94. The Kier molecular flexibility index (Phi) is 5.38. The van der Waals surface area contributed by atoms with E-state index in [2.05, 4.69) is 43.2 Å². The fraction of sp³-hybridized carbons (Fsp3) is 0.706. The fourth-order valence-electron chi connectivity index (χ4n) is 3.48. The second kappa shape index (κ2) is 7.04. The Labute approximate surface area is 118 Å². The number of aryl methyl sites for hydroxylation is 1. The van der Waals surface area contributed by atoms with E-state index in [9.17, 15) is 0 Å². The molecule has 0 saturated heterocycles. The lowest BCUT2D eigenvalue weighted by molar-refractivity contribution is 0.303. The van der Waals surface area contributed by atoms with Crippen LogP contribution >= 0.6 is 0 Å². The molecule has 1 heterocycles. The van der Waals surface area contributed by atoms with Gasteiger partial charge < -0.3 is 5.32 Å². The second-order valence-corrected chi connectivity index (χ2v) is 5.94. The number of nitrogens with one attached hydrogen (secondary N) is 1. The van der Waals surface area contributed by atoms with Crippen molar-refractivity contribution >= 4 is 0 Å². The minimum absolute atomic E-state index is 0.594. The van der Waals surface area contributed by atoms with Crippen molar-refractivity contribution in [2.75, 3.05) is 6.54 Å². The Hall–Kier alpha value is -0.890. The number of hydrogen-bond acceptors (Lipinski definition) is 2. The van der Waals surface area contributed by atoms with E-state index >= 15 is 0 Å². The van der Waals surface area contributed by atoms with Crippen LogP contribution in [0.15, 0.2) is 18.3 Å². The first-order chi connectivity index (χ1) is 9.27. The van der Waals surface area contributed by atoms with Gasteiger partial charge >= 0.3 is 0 Å². The van der Waals surface area contributed by atoms with Crippen molar-refractivity contribution in [3.63, 3.8) is 0 Å². The summed E-state index contributed by atoms with van der Waals surface area (Å²) in [6.45, 7) is 8.05. The summed E-state index contributed by atoms with van der Waals surface area (Å²) < 4.78 is 0. The zero-order chi connectivity index (χ0) is 13.7. The van der Waals surface area contributed by atoms with E-state index in [4.69, 9.17) is 0 Å². The minimum Gasteiger partial charge on any atom is -0.313 e. The highest BCUT2D eigenvalue weighted by molar-refractivity contribution is 5.30. The number of aromatic nitrogens is 1. The molecule has 0 amide bonds. The summed E-state index contributed by atoms with van der Waals surface area (Å²) in [5, 5.41) is 3.80. The van der Waals surface area contributed by atoms with Gasteiger partial charge in [-0.1, -0.05) is 33.3 Å². The predicted molar refractivity (Wildman–Crippen MR) is 81.5 cm³/mol. The molecule has 0 spiro atoms. The third-order valence-corrected chi connectivity index (χ3v) is 4.42. The number of hydrogen-bond donors (Lipinski definition) is 1. The molecule has 2 rings (SSSR count). The zero-order valence-electron chi connectivity index (χ0n) is 12.7. The molecule has 0 bridgehead atoms. The van der Waals surface area contributed by atoms with E-state index in [1.807, 2.05) is 6.20 Å². The predicted octanol–water partition coefficient (Wildman–Crippen LogP) is 3.92. The van der Waals surface area contributed by atoms with Crippen molar-refractivity contribution in [1.82, 2.24) is 10.3 Å². The van der Waals surface area contributed by atoms with Gasteiger partial charge in [0, 0.05) is 23.9 Å². The first-order valence-corrected chi connectivity index (χ1v) is 7.95. The monoisotopic (exact) mass is 260 g/mol. The van der Waals surface area contributed by atoms with Crippen molar-refractivity contribution < 1.29 is 0 Å². The van der Waals surface area contributed by atoms with Crippen LogP contribution in [0, 0.1) is 5.92 Å². The molecule has 106 valence electrons. The van der Waals surface area contributed by atoms with Crippen molar-refractivity contribution in [2.45, 2.75) is 64.8 Å². The molecular formula is C17H28N2. The van der Waals surface area contributed by atoms with Gasteiger partial charge in [-0.3, -0.25) is 4.98 Å². The number of pyridine rings is 1. The summed E-state index contributed by atoms with van der Waals surface area (Å²) in [6.07, 6.45) is 8.21. The SMILES string of the molecule is CCCNC(C(C)CCC)C1CCc2cccnc21. The lowest BCUT2D eigenvalue weighted by atomic mass is 9.85. The average Bonchev–Trinajstić information content (AvgIpc) is 2.84. The highest BCUT2D eigenvalue weighted by Crippen LogP contribution is 2.37. The minimum atomic E-state index is 0.594. The summed E-state index contributed by atoms with van der Waals surface area (Å²) in [6, 6.07) is 4.92. The normalized spacial score (nSPS) is 21.1. The van der Waals surface area contributed by atoms with Crippen molar-refractivity contribution in [2.24, 2.45) is 5.92 Å². The highest BCUT2D eigenvalue weighted by atomic mass is 14.9. The number of rotatable bonds is 7. The maximum Gasteiger partial charge on any atom is 0.0482 e. The average molecular weight is 260 g/mol. The Balaban J connectivity index is 2.14. The molecule has 2 nitrogen and oxygen atoms in total. The molecule has 3 unspecified atom stereocenters.